The maximum Gasteiger partial charge on any atom is 0.433 e. The Morgan fingerprint density at radius 1 is 1.45 bits per heavy atom. The van der Waals surface area contributed by atoms with Crippen LogP contribution >= 0.6 is 0 Å². The number of morpholine rings is 1. The first-order valence-electron chi connectivity index (χ1n) is 6.38. The zero-order valence-corrected chi connectivity index (χ0v) is 11.4. The molecule has 2 heterocycles. The van der Waals surface area contributed by atoms with Crippen molar-refractivity contribution in [2.24, 2.45) is 5.73 Å². The Hall–Kier alpha value is -1.34. The lowest BCUT2D eigenvalue weighted by Gasteiger charge is -2.43. The van der Waals surface area contributed by atoms with Crippen LogP contribution in [-0.4, -0.2) is 36.3 Å². The molecule has 2 N–H and O–H groups in total. The van der Waals surface area contributed by atoms with E-state index in [-0.39, 0.29) is 6.10 Å². The summed E-state index contributed by atoms with van der Waals surface area (Å²) in [5, 5.41) is 0. The molecule has 7 heteroatoms. The molecule has 0 bridgehead atoms. The Labute approximate surface area is 115 Å². The van der Waals surface area contributed by atoms with Gasteiger partial charge in [-0.25, -0.2) is 4.98 Å². The van der Waals surface area contributed by atoms with E-state index in [0.717, 1.165) is 6.07 Å². The molecule has 1 aromatic rings. The van der Waals surface area contributed by atoms with Crippen molar-refractivity contribution in [1.29, 1.82) is 0 Å². The molecule has 1 aromatic heterocycles. The number of aromatic nitrogens is 1. The van der Waals surface area contributed by atoms with Crippen LogP contribution in [0.4, 0.5) is 19.0 Å². The van der Waals surface area contributed by atoms with Gasteiger partial charge in [-0.2, -0.15) is 13.2 Å². The lowest BCUT2D eigenvalue weighted by atomic mass is 10.1. The summed E-state index contributed by atoms with van der Waals surface area (Å²) in [4.78, 5) is 5.49. The van der Waals surface area contributed by atoms with E-state index in [0.29, 0.717) is 25.5 Å². The van der Waals surface area contributed by atoms with Crippen LogP contribution in [0.5, 0.6) is 0 Å². The van der Waals surface area contributed by atoms with Crippen LogP contribution in [0.3, 0.4) is 0 Å². The number of hydrogen-bond donors (Lipinski definition) is 1. The monoisotopic (exact) mass is 289 g/mol. The summed E-state index contributed by atoms with van der Waals surface area (Å²) in [6, 6.07) is 3.91. The molecule has 1 atom stereocenters. The first-order valence-corrected chi connectivity index (χ1v) is 6.38. The minimum atomic E-state index is -4.44. The summed E-state index contributed by atoms with van der Waals surface area (Å²) < 4.78 is 43.9. The molecule has 0 aromatic carbocycles. The minimum absolute atomic E-state index is 0.213. The molecule has 1 saturated heterocycles. The van der Waals surface area contributed by atoms with Crippen molar-refractivity contribution in [2.75, 3.05) is 24.5 Å². The van der Waals surface area contributed by atoms with E-state index < -0.39 is 17.5 Å². The summed E-state index contributed by atoms with van der Waals surface area (Å²) in [7, 11) is 0. The maximum atomic E-state index is 12.7. The molecule has 2 rings (SSSR count). The van der Waals surface area contributed by atoms with Crippen LogP contribution in [0.25, 0.3) is 0 Å². The smallest absolute Gasteiger partial charge is 0.367 e. The first-order chi connectivity index (χ1) is 9.21. The van der Waals surface area contributed by atoms with E-state index in [1.807, 2.05) is 13.8 Å². The van der Waals surface area contributed by atoms with Crippen LogP contribution in [0.15, 0.2) is 18.2 Å². The number of ether oxygens (including phenoxy) is 1. The average Bonchev–Trinajstić information content (AvgIpc) is 2.36. The van der Waals surface area contributed by atoms with Crippen molar-refractivity contribution >= 4 is 5.82 Å². The molecule has 1 unspecified atom stereocenters. The van der Waals surface area contributed by atoms with Crippen molar-refractivity contribution < 1.29 is 17.9 Å². The molecular weight excluding hydrogens is 271 g/mol. The van der Waals surface area contributed by atoms with E-state index in [1.165, 1.54) is 6.07 Å². The fourth-order valence-corrected chi connectivity index (χ4v) is 2.35. The van der Waals surface area contributed by atoms with Gasteiger partial charge in [-0.1, -0.05) is 6.07 Å². The van der Waals surface area contributed by atoms with Gasteiger partial charge < -0.3 is 15.4 Å². The number of nitrogens with two attached hydrogens (primary N) is 1. The van der Waals surface area contributed by atoms with Gasteiger partial charge in [-0.15, -0.1) is 0 Å². The molecule has 0 spiro atoms. The Bertz CT molecular complexity index is 476. The zero-order valence-electron chi connectivity index (χ0n) is 11.4. The highest BCUT2D eigenvalue weighted by molar-refractivity contribution is 5.41. The third-order valence-electron chi connectivity index (χ3n) is 3.09. The van der Waals surface area contributed by atoms with Gasteiger partial charge in [0.2, 0.25) is 0 Å². The van der Waals surface area contributed by atoms with Crippen molar-refractivity contribution in [2.45, 2.75) is 31.7 Å². The fraction of sp³-hybridized carbons (Fsp3) is 0.615. The zero-order chi connectivity index (χ0) is 15.0. The molecule has 0 radical (unpaired) electrons. The van der Waals surface area contributed by atoms with E-state index >= 15 is 0 Å². The number of anilines is 1. The van der Waals surface area contributed by atoms with Gasteiger partial charge in [-0.3, -0.25) is 0 Å². The van der Waals surface area contributed by atoms with Crippen LogP contribution in [0, 0.1) is 0 Å². The van der Waals surface area contributed by atoms with Gasteiger partial charge >= 0.3 is 6.18 Å². The topological polar surface area (TPSA) is 51.4 Å². The number of pyridine rings is 1. The second-order valence-electron chi connectivity index (χ2n) is 5.49. The highest BCUT2D eigenvalue weighted by Gasteiger charge is 2.36. The molecule has 1 fully saturated rings. The Morgan fingerprint density at radius 3 is 2.75 bits per heavy atom. The maximum absolute atomic E-state index is 12.7. The molecule has 4 nitrogen and oxygen atoms in total. The van der Waals surface area contributed by atoms with E-state index in [1.54, 1.807) is 11.0 Å². The van der Waals surface area contributed by atoms with Crippen molar-refractivity contribution in [3.63, 3.8) is 0 Å². The predicted octanol–water partition coefficient (Wildman–Crippen LogP) is 2.04. The number of nitrogens with zero attached hydrogens (tertiary/aromatic N) is 2. The molecular formula is C13H18F3N3O. The van der Waals surface area contributed by atoms with E-state index in [9.17, 15) is 13.2 Å². The van der Waals surface area contributed by atoms with Crippen molar-refractivity contribution in [3.8, 4) is 0 Å². The summed E-state index contributed by atoms with van der Waals surface area (Å²) in [5.41, 5.74) is 4.25. The van der Waals surface area contributed by atoms with Gasteiger partial charge in [-0.05, 0) is 26.0 Å². The van der Waals surface area contributed by atoms with Crippen molar-refractivity contribution in [1.82, 2.24) is 4.98 Å². The van der Waals surface area contributed by atoms with Crippen LogP contribution in [0.2, 0.25) is 0 Å². The third-order valence-corrected chi connectivity index (χ3v) is 3.09. The highest BCUT2D eigenvalue weighted by Crippen LogP contribution is 2.30. The van der Waals surface area contributed by atoms with Crippen LogP contribution in [-0.2, 0) is 10.9 Å². The largest absolute Gasteiger partial charge is 0.433 e. The Balaban J connectivity index is 2.26. The Morgan fingerprint density at radius 2 is 2.15 bits per heavy atom. The van der Waals surface area contributed by atoms with Crippen LogP contribution < -0.4 is 10.6 Å². The molecule has 1 aliphatic heterocycles. The summed E-state index contributed by atoms with van der Waals surface area (Å²) >= 11 is 0. The first kappa shape index (κ1) is 15.1. The Kier molecular flexibility index (Phi) is 3.93. The summed E-state index contributed by atoms with van der Waals surface area (Å²) in [6.07, 6.45) is -4.65. The van der Waals surface area contributed by atoms with Gasteiger partial charge in [0.25, 0.3) is 0 Å². The van der Waals surface area contributed by atoms with E-state index in [2.05, 4.69) is 4.98 Å². The number of halogens is 3. The van der Waals surface area contributed by atoms with Crippen molar-refractivity contribution in [3.05, 3.63) is 23.9 Å². The normalized spacial score (nSPS) is 22.9. The van der Waals surface area contributed by atoms with Gasteiger partial charge in [0.05, 0.1) is 11.7 Å². The highest BCUT2D eigenvalue weighted by atomic mass is 19.4. The number of alkyl halides is 3. The summed E-state index contributed by atoms with van der Waals surface area (Å²) in [5.74, 6) is 0.301. The standard InChI is InChI=1S/C13H18F3N3O/c1-12(2)8-19(7-9(6-17)20-12)11-5-3-4-10(18-11)13(14,15)16/h3-5,9H,6-8,17H2,1-2H3. The molecule has 112 valence electrons. The van der Waals surface area contributed by atoms with Gasteiger partial charge in [0, 0.05) is 19.6 Å². The van der Waals surface area contributed by atoms with E-state index in [4.69, 9.17) is 10.5 Å². The van der Waals surface area contributed by atoms with Gasteiger partial charge in [0.15, 0.2) is 0 Å². The molecule has 0 aliphatic carbocycles. The second kappa shape index (κ2) is 5.21. The lowest BCUT2D eigenvalue weighted by molar-refractivity contribution is -0.141. The number of hydrogen-bond acceptors (Lipinski definition) is 4. The quantitative estimate of drug-likeness (QED) is 0.905. The molecule has 0 saturated carbocycles. The third kappa shape index (κ3) is 3.40. The molecule has 20 heavy (non-hydrogen) atoms. The molecule has 0 amide bonds. The second-order valence-corrected chi connectivity index (χ2v) is 5.49. The predicted molar refractivity (Wildman–Crippen MR) is 69.5 cm³/mol. The average molecular weight is 289 g/mol. The van der Waals surface area contributed by atoms with Gasteiger partial charge in [0.1, 0.15) is 11.5 Å². The summed E-state index contributed by atoms with van der Waals surface area (Å²) in [6.45, 7) is 5.00. The lowest BCUT2D eigenvalue weighted by Crippen LogP contribution is -2.55. The number of rotatable bonds is 2. The van der Waals surface area contributed by atoms with Crippen LogP contribution in [0.1, 0.15) is 19.5 Å². The fourth-order valence-electron chi connectivity index (χ4n) is 2.35. The molecule has 1 aliphatic rings. The minimum Gasteiger partial charge on any atom is -0.367 e. The SMILES string of the molecule is CC1(C)CN(c2cccc(C(F)(F)F)n2)CC(CN)O1.